The molecule has 0 atom stereocenters. The molecule has 7 heteroatoms. The number of anilines is 1. The fourth-order valence-electron chi connectivity index (χ4n) is 1.65. The SMILES string of the molecule is COc1ccc(NS(=O)(=O)CCNC2CC2)cc1Cl. The molecule has 19 heavy (non-hydrogen) atoms. The molecular weight excluding hydrogens is 288 g/mol. The van der Waals surface area contributed by atoms with Crippen LogP contribution in [-0.2, 0) is 10.0 Å². The van der Waals surface area contributed by atoms with Gasteiger partial charge in [0, 0.05) is 12.6 Å². The van der Waals surface area contributed by atoms with Gasteiger partial charge >= 0.3 is 0 Å². The summed E-state index contributed by atoms with van der Waals surface area (Å²) >= 11 is 5.94. The van der Waals surface area contributed by atoms with Crippen molar-refractivity contribution in [3.63, 3.8) is 0 Å². The van der Waals surface area contributed by atoms with Crippen molar-refractivity contribution < 1.29 is 13.2 Å². The number of halogens is 1. The summed E-state index contributed by atoms with van der Waals surface area (Å²) in [5, 5.41) is 3.54. The van der Waals surface area contributed by atoms with Crippen molar-refractivity contribution in [1.29, 1.82) is 0 Å². The van der Waals surface area contributed by atoms with Crippen molar-refractivity contribution in [2.45, 2.75) is 18.9 Å². The van der Waals surface area contributed by atoms with Crippen LogP contribution in [0.5, 0.6) is 5.75 Å². The monoisotopic (exact) mass is 304 g/mol. The Labute approximate surface area is 118 Å². The second-order valence-corrected chi connectivity index (χ2v) is 6.75. The minimum atomic E-state index is -3.35. The summed E-state index contributed by atoms with van der Waals surface area (Å²) < 4.78 is 31.2. The molecule has 5 nitrogen and oxygen atoms in total. The predicted molar refractivity (Wildman–Crippen MR) is 76.4 cm³/mol. The molecule has 2 N–H and O–H groups in total. The van der Waals surface area contributed by atoms with Crippen LogP contribution in [0.15, 0.2) is 18.2 Å². The Bertz CT molecular complexity index is 544. The van der Waals surface area contributed by atoms with Crippen molar-refractivity contribution in [2.75, 3.05) is 24.1 Å². The molecule has 106 valence electrons. The molecule has 0 heterocycles. The van der Waals surface area contributed by atoms with Crippen LogP contribution < -0.4 is 14.8 Å². The molecule has 2 rings (SSSR count). The molecule has 0 aliphatic heterocycles. The van der Waals surface area contributed by atoms with Crippen LogP contribution in [0.3, 0.4) is 0 Å². The van der Waals surface area contributed by atoms with Crippen LogP contribution in [0.25, 0.3) is 0 Å². The molecule has 0 radical (unpaired) electrons. The van der Waals surface area contributed by atoms with Crippen LogP contribution in [0.2, 0.25) is 5.02 Å². The Hall–Kier alpha value is -0.980. The summed E-state index contributed by atoms with van der Waals surface area (Å²) in [7, 11) is -1.84. The van der Waals surface area contributed by atoms with Crippen molar-refractivity contribution in [3.8, 4) is 5.75 Å². The lowest BCUT2D eigenvalue weighted by atomic mass is 10.3. The predicted octanol–water partition coefficient (Wildman–Crippen LogP) is 1.84. The van der Waals surface area contributed by atoms with E-state index in [2.05, 4.69) is 10.0 Å². The third kappa shape index (κ3) is 4.56. The van der Waals surface area contributed by atoms with Crippen LogP contribution in [0.4, 0.5) is 5.69 Å². The van der Waals surface area contributed by atoms with Gasteiger partial charge in [0.05, 0.1) is 23.6 Å². The molecule has 0 spiro atoms. The molecule has 1 aliphatic carbocycles. The van der Waals surface area contributed by atoms with Gasteiger partial charge in [-0.05, 0) is 31.0 Å². The van der Waals surface area contributed by atoms with Gasteiger partial charge in [0.2, 0.25) is 10.0 Å². The number of benzene rings is 1. The van der Waals surface area contributed by atoms with Crippen LogP contribution in [0, 0.1) is 0 Å². The summed E-state index contributed by atoms with van der Waals surface area (Å²) in [5.41, 5.74) is 0.442. The second-order valence-electron chi connectivity index (χ2n) is 4.50. The van der Waals surface area contributed by atoms with E-state index >= 15 is 0 Å². The zero-order chi connectivity index (χ0) is 13.9. The minimum Gasteiger partial charge on any atom is -0.495 e. The maximum Gasteiger partial charge on any atom is 0.233 e. The van der Waals surface area contributed by atoms with Gasteiger partial charge in [-0.2, -0.15) is 0 Å². The Morgan fingerprint density at radius 2 is 2.16 bits per heavy atom. The maximum absolute atomic E-state index is 11.8. The second kappa shape index (κ2) is 5.98. The Morgan fingerprint density at radius 3 is 2.74 bits per heavy atom. The molecule has 1 fully saturated rings. The first-order chi connectivity index (χ1) is 9.00. The summed E-state index contributed by atoms with van der Waals surface area (Å²) in [5.74, 6) is 0.563. The molecular formula is C12H17ClN2O3S. The molecule has 0 amide bonds. The van der Waals surface area contributed by atoms with Gasteiger partial charge in [0.1, 0.15) is 5.75 Å². The van der Waals surface area contributed by atoms with Crippen LogP contribution >= 0.6 is 11.6 Å². The summed E-state index contributed by atoms with van der Waals surface area (Å²) in [6.07, 6.45) is 2.28. The number of hydrogen-bond acceptors (Lipinski definition) is 4. The number of rotatable bonds is 7. The molecule has 1 aliphatic rings. The normalized spacial score (nSPS) is 15.3. The number of methoxy groups -OCH3 is 1. The zero-order valence-corrected chi connectivity index (χ0v) is 12.2. The van der Waals surface area contributed by atoms with E-state index < -0.39 is 10.0 Å². The molecule has 0 bridgehead atoms. The zero-order valence-electron chi connectivity index (χ0n) is 10.6. The van der Waals surface area contributed by atoms with E-state index in [0.717, 1.165) is 12.8 Å². The van der Waals surface area contributed by atoms with E-state index in [9.17, 15) is 8.42 Å². The average molecular weight is 305 g/mol. The third-order valence-electron chi connectivity index (χ3n) is 2.81. The van der Waals surface area contributed by atoms with Gasteiger partial charge in [-0.1, -0.05) is 11.6 Å². The molecule has 1 aromatic rings. The maximum atomic E-state index is 11.8. The fraction of sp³-hybridized carbons (Fsp3) is 0.500. The van der Waals surface area contributed by atoms with Gasteiger partial charge in [0.15, 0.2) is 0 Å². The highest BCUT2D eigenvalue weighted by molar-refractivity contribution is 7.92. The number of hydrogen-bond donors (Lipinski definition) is 2. The third-order valence-corrected chi connectivity index (χ3v) is 4.39. The lowest BCUT2D eigenvalue weighted by molar-refractivity contribution is 0.415. The highest BCUT2D eigenvalue weighted by Gasteiger charge is 2.21. The first-order valence-corrected chi connectivity index (χ1v) is 8.10. The number of nitrogens with one attached hydrogen (secondary N) is 2. The lowest BCUT2D eigenvalue weighted by Gasteiger charge is -2.10. The van der Waals surface area contributed by atoms with E-state index in [-0.39, 0.29) is 5.75 Å². The average Bonchev–Trinajstić information content (AvgIpc) is 3.12. The molecule has 1 aromatic carbocycles. The van der Waals surface area contributed by atoms with Crippen molar-refractivity contribution in [1.82, 2.24) is 5.32 Å². The van der Waals surface area contributed by atoms with Crippen molar-refractivity contribution >= 4 is 27.3 Å². The quantitative estimate of drug-likeness (QED) is 0.806. The van der Waals surface area contributed by atoms with E-state index in [1.54, 1.807) is 12.1 Å². The first-order valence-electron chi connectivity index (χ1n) is 6.07. The van der Waals surface area contributed by atoms with E-state index in [0.29, 0.717) is 29.0 Å². The van der Waals surface area contributed by atoms with Gasteiger partial charge in [0.25, 0.3) is 0 Å². The number of sulfonamides is 1. The first kappa shape index (κ1) is 14.4. The lowest BCUT2D eigenvalue weighted by Crippen LogP contribution is -2.27. The largest absolute Gasteiger partial charge is 0.495 e. The summed E-state index contributed by atoms with van der Waals surface area (Å²) in [6.45, 7) is 0.462. The molecule has 0 unspecified atom stereocenters. The van der Waals surface area contributed by atoms with Gasteiger partial charge in [-0.3, -0.25) is 4.72 Å². The van der Waals surface area contributed by atoms with E-state index in [1.165, 1.54) is 13.2 Å². The smallest absolute Gasteiger partial charge is 0.233 e. The van der Waals surface area contributed by atoms with Gasteiger partial charge < -0.3 is 10.1 Å². The van der Waals surface area contributed by atoms with E-state index in [1.807, 2.05) is 0 Å². The van der Waals surface area contributed by atoms with E-state index in [4.69, 9.17) is 16.3 Å². The fourth-order valence-corrected chi connectivity index (χ4v) is 2.88. The van der Waals surface area contributed by atoms with Gasteiger partial charge in [-0.25, -0.2) is 8.42 Å². The standard InChI is InChI=1S/C12H17ClN2O3S/c1-18-12-5-4-10(8-11(12)13)15-19(16,17)7-6-14-9-2-3-9/h4-5,8-9,14-15H,2-3,6-7H2,1H3. The Kier molecular flexibility index (Phi) is 4.54. The van der Waals surface area contributed by atoms with Gasteiger partial charge in [-0.15, -0.1) is 0 Å². The molecule has 1 saturated carbocycles. The van der Waals surface area contributed by atoms with Crippen molar-refractivity contribution in [3.05, 3.63) is 23.2 Å². The molecule has 0 saturated heterocycles. The minimum absolute atomic E-state index is 0.0488. The Morgan fingerprint density at radius 1 is 1.42 bits per heavy atom. The Balaban J connectivity index is 1.92. The number of ether oxygens (including phenoxy) is 1. The highest BCUT2D eigenvalue weighted by Crippen LogP contribution is 2.27. The van der Waals surface area contributed by atoms with Crippen LogP contribution in [0.1, 0.15) is 12.8 Å². The summed E-state index contributed by atoms with van der Waals surface area (Å²) in [6, 6.07) is 5.29. The highest BCUT2D eigenvalue weighted by atomic mass is 35.5. The van der Waals surface area contributed by atoms with Crippen LogP contribution in [-0.4, -0.2) is 33.9 Å². The van der Waals surface area contributed by atoms with Crippen molar-refractivity contribution in [2.24, 2.45) is 0 Å². The molecule has 0 aromatic heterocycles. The summed E-state index contributed by atoms with van der Waals surface area (Å²) in [4.78, 5) is 0. The topological polar surface area (TPSA) is 67.4 Å².